The van der Waals surface area contributed by atoms with Crippen LogP contribution in [0.4, 0.5) is 13.2 Å². The molecule has 1 nitrogen and oxygen atoms in total. The minimum Gasteiger partial charge on any atom is -0.454 e. The quantitative estimate of drug-likeness (QED) is 0.761. The smallest absolute Gasteiger partial charge is 0.263 e. The van der Waals surface area contributed by atoms with E-state index >= 15 is 0 Å². The van der Waals surface area contributed by atoms with Gasteiger partial charge < -0.3 is 4.74 Å². The Bertz CT molecular complexity index is 497. The number of rotatable bonds is 3. The normalized spacial score (nSPS) is 10.6. The van der Waals surface area contributed by atoms with Crippen molar-refractivity contribution in [3.8, 4) is 11.5 Å². The molecule has 0 saturated carbocycles. The first kappa shape index (κ1) is 11.5. The Morgan fingerprint density at radius 3 is 2.29 bits per heavy atom. The molecule has 0 aliphatic rings. The summed E-state index contributed by atoms with van der Waals surface area (Å²) >= 11 is 0. The first-order chi connectivity index (χ1) is 8.16. The van der Waals surface area contributed by atoms with Gasteiger partial charge in [0.1, 0.15) is 5.75 Å². The van der Waals surface area contributed by atoms with Crippen molar-refractivity contribution in [3.05, 3.63) is 59.9 Å². The Balaban J connectivity index is 2.29. The third-order valence-electron chi connectivity index (χ3n) is 2.18. The molecule has 0 unspecified atom stereocenters. The Labute approximate surface area is 96.5 Å². The highest BCUT2D eigenvalue weighted by atomic mass is 19.3. The van der Waals surface area contributed by atoms with Gasteiger partial charge in [0.15, 0.2) is 11.6 Å². The van der Waals surface area contributed by atoms with Crippen molar-refractivity contribution in [2.75, 3.05) is 0 Å². The van der Waals surface area contributed by atoms with Gasteiger partial charge in [0.25, 0.3) is 6.43 Å². The van der Waals surface area contributed by atoms with E-state index in [-0.39, 0.29) is 11.3 Å². The lowest BCUT2D eigenvalue weighted by Crippen LogP contribution is -1.91. The van der Waals surface area contributed by atoms with Crippen molar-refractivity contribution in [1.29, 1.82) is 0 Å². The Morgan fingerprint density at radius 1 is 0.941 bits per heavy atom. The van der Waals surface area contributed by atoms with Gasteiger partial charge in [-0.3, -0.25) is 0 Å². The molecule has 0 bridgehead atoms. The molecule has 0 aliphatic carbocycles. The molecule has 4 heteroatoms. The second kappa shape index (κ2) is 4.91. The number of hydrogen-bond acceptors (Lipinski definition) is 1. The Hall–Kier alpha value is -1.97. The van der Waals surface area contributed by atoms with Gasteiger partial charge in [-0.2, -0.15) is 0 Å². The molecule has 0 atom stereocenters. The fourth-order valence-electron chi connectivity index (χ4n) is 1.35. The zero-order chi connectivity index (χ0) is 12.3. The van der Waals surface area contributed by atoms with Crippen LogP contribution in [-0.4, -0.2) is 0 Å². The third kappa shape index (κ3) is 2.78. The third-order valence-corrected chi connectivity index (χ3v) is 2.18. The van der Waals surface area contributed by atoms with E-state index in [1.165, 1.54) is 0 Å². The number of halogens is 3. The van der Waals surface area contributed by atoms with E-state index in [1.54, 1.807) is 30.3 Å². The van der Waals surface area contributed by atoms with E-state index in [1.807, 2.05) is 0 Å². The molecule has 0 amide bonds. The van der Waals surface area contributed by atoms with Crippen molar-refractivity contribution >= 4 is 0 Å². The summed E-state index contributed by atoms with van der Waals surface area (Å²) in [5.74, 6) is -0.468. The van der Waals surface area contributed by atoms with E-state index in [0.717, 1.165) is 18.2 Å². The summed E-state index contributed by atoms with van der Waals surface area (Å²) in [6.07, 6.45) is -2.64. The Kier molecular flexibility index (Phi) is 3.32. The number of alkyl halides is 2. The molecule has 2 rings (SSSR count). The zero-order valence-electron chi connectivity index (χ0n) is 8.74. The summed E-state index contributed by atoms with van der Waals surface area (Å²) in [4.78, 5) is 0. The zero-order valence-corrected chi connectivity index (χ0v) is 8.74. The van der Waals surface area contributed by atoms with Crippen LogP contribution >= 0.6 is 0 Å². The van der Waals surface area contributed by atoms with Crippen LogP contribution in [0.5, 0.6) is 11.5 Å². The first-order valence-corrected chi connectivity index (χ1v) is 4.97. The predicted octanol–water partition coefficient (Wildman–Crippen LogP) is 4.56. The highest BCUT2D eigenvalue weighted by Crippen LogP contribution is 2.29. The minimum absolute atomic E-state index is 0.200. The molecule has 0 heterocycles. The average molecular weight is 238 g/mol. The summed E-state index contributed by atoms with van der Waals surface area (Å²) in [5.41, 5.74) is -0.266. The van der Waals surface area contributed by atoms with Gasteiger partial charge in [0, 0.05) is 5.56 Å². The lowest BCUT2D eigenvalue weighted by molar-refractivity contribution is 0.151. The molecule has 0 fully saturated rings. The summed E-state index contributed by atoms with van der Waals surface area (Å²) in [7, 11) is 0. The van der Waals surface area contributed by atoms with Gasteiger partial charge in [0.05, 0.1) is 0 Å². The standard InChI is InChI=1S/C13H9F3O/c14-11-7-6-9(13(15)16)8-12(11)17-10-4-2-1-3-5-10/h1-8,13H. The van der Waals surface area contributed by atoms with Crippen LogP contribution in [0.1, 0.15) is 12.0 Å². The van der Waals surface area contributed by atoms with Crippen molar-refractivity contribution in [2.24, 2.45) is 0 Å². The molecule has 0 saturated heterocycles. The highest BCUT2D eigenvalue weighted by molar-refractivity contribution is 5.35. The molecule has 2 aromatic rings. The predicted molar refractivity (Wildman–Crippen MR) is 57.9 cm³/mol. The first-order valence-electron chi connectivity index (χ1n) is 4.97. The van der Waals surface area contributed by atoms with Gasteiger partial charge >= 0.3 is 0 Å². The van der Waals surface area contributed by atoms with Gasteiger partial charge in [0.2, 0.25) is 0 Å². The summed E-state index contributed by atoms with van der Waals surface area (Å²) in [5, 5.41) is 0. The van der Waals surface area contributed by atoms with E-state index in [2.05, 4.69) is 0 Å². The molecule has 0 aromatic heterocycles. The minimum atomic E-state index is -2.64. The van der Waals surface area contributed by atoms with Gasteiger partial charge in [-0.05, 0) is 24.3 Å². The molecule has 2 aromatic carbocycles. The lowest BCUT2D eigenvalue weighted by Gasteiger charge is -2.08. The van der Waals surface area contributed by atoms with Crippen molar-refractivity contribution in [3.63, 3.8) is 0 Å². The topological polar surface area (TPSA) is 9.23 Å². The maximum atomic E-state index is 13.3. The molecule has 0 aliphatic heterocycles. The van der Waals surface area contributed by atoms with Crippen LogP contribution in [0.25, 0.3) is 0 Å². The van der Waals surface area contributed by atoms with Crippen LogP contribution in [0.3, 0.4) is 0 Å². The van der Waals surface area contributed by atoms with Crippen LogP contribution < -0.4 is 4.74 Å². The summed E-state index contributed by atoms with van der Waals surface area (Å²) < 4.78 is 43.4. The summed E-state index contributed by atoms with van der Waals surface area (Å²) in [6, 6.07) is 11.5. The van der Waals surface area contributed by atoms with Gasteiger partial charge in [-0.15, -0.1) is 0 Å². The SMILES string of the molecule is Fc1ccc(C(F)F)cc1Oc1ccccc1. The van der Waals surface area contributed by atoms with E-state index < -0.39 is 12.2 Å². The second-order valence-corrected chi connectivity index (χ2v) is 3.41. The second-order valence-electron chi connectivity index (χ2n) is 3.41. The molecule has 0 spiro atoms. The largest absolute Gasteiger partial charge is 0.454 e. The van der Waals surface area contributed by atoms with E-state index in [9.17, 15) is 13.2 Å². The van der Waals surface area contributed by atoms with Crippen molar-refractivity contribution < 1.29 is 17.9 Å². The van der Waals surface area contributed by atoms with Crippen LogP contribution in [-0.2, 0) is 0 Å². The van der Waals surface area contributed by atoms with Crippen molar-refractivity contribution in [1.82, 2.24) is 0 Å². The molecular formula is C13H9F3O. The van der Waals surface area contributed by atoms with Gasteiger partial charge in [-0.1, -0.05) is 24.3 Å². The van der Waals surface area contributed by atoms with Crippen molar-refractivity contribution in [2.45, 2.75) is 6.43 Å². The maximum absolute atomic E-state index is 13.3. The van der Waals surface area contributed by atoms with Crippen LogP contribution in [0, 0.1) is 5.82 Å². The van der Waals surface area contributed by atoms with Crippen LogP contribution in [0.2, 0.25) is 0 Å². The molecular weight excluding hydrogens is 229 g/mol. The maximum Gasteiger partial charge on any atom is 0.263 e. The number of hydrogen-bond donors (Lipinski definition) is 0. The fraction of sp³-hybridized carbons (Fsp3) is 0.0769. The number of benzene rings is 2. The number of ether oxygens (including phenoxy) is 1. The van der Waals surface area contributed by atoms with Crippen LogP contribution in [0.15, 0.2) is 48.5 Å². The number of para-hydroxylation sites is 1. The average Bonchev–Trinajstić information content (AvgIpc) is 2.33. The highest BCUT2D eigenvalue weighted by Gasteiger charge is 2.12. The fourth-order valence-corrected chi connectivity index (χ4v) is 1.35. The summed E-state index contributed by atoms with van der Waals surface area (Å²) in [6.45, 7) is 0. The monoisotopic (exact) mass is 238 g/mol. The van der Waals surface area contributed by atoms with E-state index in [0.29, 0.717) is 5.75 Å². The molecule has 0 radical (unpaired) electrons. The molecule has 17 heavy (non-hydrogen) atoms. The Morgan fingerprint density at radius 2 is 1.65 bits per heavy atom. The molecule has 88 valence electrons. The lowest BCUT2D eigenvalue weighted by atomic mass is 10.2. The van der Waals surface area contributed by atoms with E-state index in [4.69, 9.17) is 4.74 Å². The molecule has 0 N–H and O–H groups in total. The van der Waals surface area contributed by atoms with Gasteiger partial charge in [-0.25, -0.2) is 13.2 Å².